The molecule has 1 heterocycles. The number of pyridine rings is 1. The van der Waals surface area contributed by atoms with Crippen molar-refractivity contribution in [3.8, 4) is 11.5 Å². The van der Waals surface area contributed by atoms with E-state index in [9.17, 15) is 0 Å². The number of rotatable bonds is 2. The topological polar surface area (TPSA) is 31.4 Å². The van der Waals surface area contributed by atoms with E-state index >= 15 is 0 Å². The van der Waals surface area contributed by atoms with E-state index in [4.69, 9.17) is 9.47 Å². The quantitative estimate of drug-likeness (QED) is 0.672. The van der Waals surface area contributed by atoms with E-state index in [0.29, 0.717) is 0 Å². The zero-order valence-corrected chi connectivity index (χ0v) is 7.84. The third-order valence-corrected chi connectivity index (χ3v) is 1.75. The molecule has 0 aliphatic rings. The molecule has 1 aromatic heterocycles. The molecule has 3 nitrogen and oxygen atoms in total. The minimum Gasteiger partial charge on any atom is -0.495 e. The molecule has 0 aliphatic heterocycles. The number of aryl methyl sites for hydroxylation is 2. The summed E-state index contributed by atoms with van der Waals surface area (Å²) in [7, 11) is 3.25. The van der Waals surface area contributed by atoms with Gasteiger partial charge in [-0.25, -0.2) is 0 Å². The highest BCUT2D eigenvalue weighted by atomic mass is 16.5. The summed E-state index contributed by atoms with van der Waals surface area (Å²) in [6, 6.07) is 1.84. The van der Waals surface area contributed by atoms with Crippen LogP contribution in [-0.2, 0) is 0 Å². The van der Waals surface area contributed by atoms with Crippen LogP contribution >= 0.6 is 0 Å². The van der Waals surface area contributed by atoms with Crippen molar-refractivity contribution >= 4 is 0 Å². The predicted molar refractivity (Wildman–Crippen MR) is 46.8 cm³/mol. The average Bonchev–Trinajstić information content (AvgIpc) is 2.05. The molecular weight excluding hydrogens is 154 g/mol. The first-order valence-corrected chi connectivity index (χ1v) is 3.75. The second-order valence-electron chi connectivity index (χ2n) is 2.56. The SMILES string of the molecule is COc1cc(OC)c(C)nc1C. The van der Waals surface area contributed by atoms with Gasteiger partial charge >= 0.3 is 0 Å². The van der Waals surface area contributed by atoms with Crippen molar-refractivity contribution in [1.82, 2.24) is 4.98 Å². The van der Waals surface area contributed by atoms with Gasteiger partial charge in [0, 0.05) is 6.07 Å². The second kappa shape index (κ2) is 3.43. The first-order chi connectivity index (χ1) is 5.69. The Hall–Kier alpha value is -1.25. The normalized spacial score (nSPS) is 9.67. The fourth-order valence-corrected chi connectivity index (χ4v) is 1.10. The standard InChI is InChI=1S/C9H13NO2/c1-6-8(11-3)5-9(12-4)7(2)10-6/h5H,1-4H3. The van der Waals surface area contributed by atoms with Gasteiger partial charge in [-0.15, -0.1) is 0 Å². The van der Waals surface area contributed by atoms with Crippen molar-refractivity contribution in [3.63, 3.8) is 0 Å². The number of hydrogen-bond donors (Lipinski definition) is 0. The maximum Gasteiger partial charge on any atom is 0.143 e. The number of aromatic nitrogens is 1. The molecule has 12 heavy (non-hydrogen) atoms. The van der Waals surface area contributed by atoms with Gasteiger partial charge in [-0.05, 0) is 13.8 Å². The summed E-state index contributed by atoms with van der Waals surface area (Å²) in [5.74, 6) is 1.52. The first kappa shape index (κ1) is 8.84. The van der Waals surface area contributed by atoms with E-state index in [0.717, 1.165) is 22.9 Å². The Morgan fingerprint density at radius 3 is 1.75 bits per heavy atom. The van der Waals surface area contributed by atoms with Gasteiger partial charge < -0.3 is 9.47 Å². The van der Waals surface area contributed by atoms with Crippen LogP contribution < -0.4 is 9.47 Å². The number of nitrogens with zero attached hydrogens (tertiary/aromatic N) is 1. The molecule has 0 bridgehead atoms. The molecule has 0 spiro atoms. The van der Waals surface area contributed by atoms with Crippen LogP contribution in [0.15, 0.2) is 6.07 Å². The molecular formula is C9H13NO2. The summed E-state index contributed by atoms with van der Waals surface area (Å²) in [4.78, 5) is 4.27. The molecule has 1 rings (SSSR count). The lowest BCUT2D eigenvalue weighted by Crippen LogP contribution is -1.96. The van der Waals surface area contributed by atoms with Gasteiger partial charge in [0.25, 0.3) is 0 Å². The lowest BCUT2D eigenvalue weighted by Gasteiger charge is -2.08. The highest BCUT2D eigenvalue weighted by Gasteiger charge is 2.05. The van der Waals surface area contributed by atoms with Gasteiger partial charge in [-0.2, -0.15) is 0 Å². The van der Waals surface area contributed by atoms with Gasteiger partial charge in [0.2, 0.25) is 0 Å². The van der Waals surface area contributed by atoms with E-state index < -0.39 is 0 Å². The van der Waals surface area contributed by atoms with Gasteiger partial charge in [0.05, 0.1) is 25.6 Å². The summed E-state index contributed by atoms with van der Waals surface area (Å²) < 4.78 is 10.2. The molecule has 66 valence electrons. The van der Waals surface area contributed by atoms with Crippen molar-refractivity contribution in [2.75, 3.05) is 14.2 Å². The van der Waals surface area contributed by atoms with Crippen LogP contribution in [0.1, 0.15) is 11.4 Å². The minimum absolute atomic E-state index is 0.762. The lowest BCUT2D eigenvalue weighted by molar-refractivity contribution is 0.386. The largest absolute Gasteiger partial charge is 0.495 e. The van der Waals surface area contributed by atoms with Crippen LogP contribution in [0, 0.1) is 13.8 Å². The number of hydrogen-bond acceptors (Lipinski definition) is 3. The molecule has 0 atom stereocenters. The summed E-state index contributed by atoms with van der Waals surface area (Å²) >= 11 is 0. The summed E-state index contributed by atoms with van der Waals surface area (Å²) in [5, 5.41) is 0. The monoisotopic (exact) mass is 167 g/mol. The molecule has 0 saturated carbocycles. The van der Waals surface area contributed by atoms with Crippen molar-refractivity contribution < 1.29 is 9.47 Å². The molecule has 0 amide bonds. The highest BCUT2D eigenvalue weighted by molar-refractivity contribution is 5.38. The molecule has 0 N–H and O–H groups in total. The molecule has 0 aromatic carbocycles. The van der Waals surface area contributed by atoms with Crippen molar-refractivity contribution in [3.05, 3.63) is 17.5 Å². The molecule has 3 heteroatoms. The zero-order valence-electron chi connectivity index (χ0n) is 7.84. The Bertz CT molecular complexity index is 259. The van der Waals surface area contributed by atoms with E-state index in [-0.39, 0.29) is 0 Å². The maximum absolute atomic E-state index is 5.10. The Morgan fingerprint density at radius 2 is 1.42 bits per heavy atom. The fraction of sp³-hybridized carbons (Fsp3) is 0.444. The van der Waals surface area contributed by atoms with Crippen LogP contribution in [0.4, 0.5) is 0 Å². The molecule has 0 unspecified atom stereocenters. The van der Waals surface area contributed by atoms with Crippen LogP contribution in [0.2, 0.25) is 0 Å². The first-order valence-electron chi connectivity index (χ1n) is 3.75. The van der Waals surface area contributed by atoms with Crippen molar-refractivity contribution in [1.29, 1.82) is 0 Å². The lowest BCUT2D eigenvalue weighted by atomic mass is 10.3. The van der Waals surface area contributed by atoms with Crippen molar-refractivity contribution in [2.45, 2.75) is 13.8 Å². The third-order valence-electron chi connectivity index (χ3n) is 1.75. The van der Waals surface area contributed by atoms with E-state index in [2.05, 4.69) is 4.98 Å². The van der Waals surface area contributed by atoms with Gasteiger partial charge in [-0.3, -0.25) is 4.98 Å². The molecule has 0 fully saturated rings. The summed E-state index contributed by atoms with van der Waals surface area (Å²) in [5.41, 5.74) is 1.77. The molecule has 0 radical (unpaired) electrons. The van der Waals surface area contributed by atoms with Crippen LogP contribution in [-0.4, -0.2) is 19.2 Å². The Labute approximate surface area is 72.3 Å². The Morgan fingerprint density at radius 1 is 1.00 bits per heavy atom. The molecule has 0 aliphatic carbocycles. The van der Waals surface area contributed by atoms with E-state index in [1.165, 1.54) is 0 Å². The average molecular weight is 167 g/mol. The Balaban J connectivity index is 3.18. The van der Waals surface area contributed by atoms with Crippen LogP contribution in [0.3, 0.4) is 0 Å². The number of methoxy groups -OCH3 is 2. The van der Waals surface area contributed by atoms with Gasteiger partial charge in [0.15, 0.2) is 0 Å². The van der Waals surface area contributed by atoms with Gasteiger partial charge in [0.1, 0.15) is 11.5 Å². The molecule has 1 aromatic rings. The Kier molecular flexibility index (Phi) is 2.53. The summed E-state index contributed by atoms with van der Waals surface area (Å²) in [6.07, 6.45) is 0. The van der Waals surface area contributed by atoms with Crippen LogP contribution in [0.5, 0.6) is 11.5 Å². The maximum atomic E-state index is 5.10. The van der Waals surface area contributed by atoms with Crippen molar-refractivity contribution in [2.24, 2.45) is 0 Å². The predicted octanol–water partition coefficient (Wildman–Crippen LogP) is 1.72. The van der Waals surface area contributed by atoms with E-state index in [1.54, 1.807) is 14.2 Å². The zero-order chi connectivity index (χ0) is 9.14. The third kappa shape index (κ3) is 1.49. The fourth-order valence-electron chi connectivity index (χ4n) is 1.10. The molecule has 0 saturated heterocycles. The smallest absolute Gasteiger partial charge is 0.143 e. The van der Waals surface area contributed by atoms with E-state index in [1.807, 2.05) is 19.9 Å². The minimum atomic E-state index is 0.762. The van der Waals surface area contributed by atoms with Gasteiger partial charge in [-0.1, -0.05) is 0 Å². The number of ether oxygens (including phenoxy) is 2. The van der Waals surface area contributed by atoms with Crippen LogP contribution in [0.25, 0.3) is 0 Å². The second-order valence-corrected chi connectivity index (χ2v) is 2.56. The summed E-state index contributed by atoms with van der Waals surface area (Å²) in [6.45, 7) is 3.82. The highest BCUT2D eigenvalue weighted by Crippen LogP contribution is 2.24.